The predicted molar refractivity (Wildman–Crippen MR) is 98.7 cm³/mol. The Morgan fingerprint density at radius 2 is 1.59 bits per heavy atom. The van der Waals surface area contributed by atoms with Gasteiger partial charge in [-0.1, -0.05) is 30.3 Å². The lowest BCUT2D eigenvalue weighted by atomic mass is 9.85. The van der Waals surface area contributed by atoms with Crippen molar-refractivity contribution in [2.75, 3.05) is 0 Å². The van der Waals surface area contributed by atoms with E-state index in [1.165, 1.54) is 12.1 Å². The average molecular weight is 367 g/mol. The molecule has 0 aliphatic carbocycles. The maximum absolute atomic E-state index is 13.1. The van der Waals surface area contributed by atoms with E-state index < -0.39 is 0 Å². The molecule has 2 aliphatic heterocycles. The minimum Gasteiger partial charge on any atom is -0.445 e. The average Bonchev–Trinajstić information content (AvgIpc) is 2.96. The van der Waals surface area contributed by atoms with Crippen LogP contribution >= 0.6 is 0 Å². The molecule has 2 aromatic rings. The Hall–Kier alpha value is -2.69. The number of hydrogen-bond donors (Lipinski definition) is 0. The van der Waals surface area contributed by atoms with Gasteiger partial charge < -0.3 is 9.64 Å². The Kier molecular flexibility index (Phi) is 4.92. The summed E-state index contributed by atoms with van der Waals surface area (Å²) in [6.07, 6.45) is 2.80. The Balaban J connectivity index is 1.39. The molecule has 2 atom stereocenters. The van der Waals surface area contributed by atoms with Crippen LogP contribution in [0.2, 0.25) is 0 Å². The maximum atomic E-state index is 13.1. The van der Waals surface area contributed by atoms with Crippen molar-refractivity contribution >= 4 is 11.9 Å². The Bertz CT molecular complexity index is 807. The van der Waals surface area contributed by atoms with Crippen LogP contribution in [0.1, 0.15) is 41.6 Å². The van der Waals surface area contributed by atoms with Crippen molar-refractivity contribution < 1.29 is 18.7 Å². The van der Waals surface area contributed by atoms with Crippen molar-refractivity contribution in [3.63, 3.8) is 0 Å². The minimum absolute atomic E-state index is 0.0430. The van der Waals surface area contributed by atoms with E-state index in [0.717, 1.165) is 18.4 Å². The van der Waals surface area contributed by atoms with Gasteiger partial charge in [-0.2, -0.15) is 0 Å². The van der Waals surface area contributed by atoms with Crippen molar-refractivity contribution in [1.29, 1.82) is 0 Å². The second-order valence-corrected chi connectivity index (χ2v) is 7.37. The van der Waals surface area contributed by atoms with Crippen molar-refractivity contribution in [3.05, 3.63) is 71.5 Å². The summed E-state index contributed by atoms with van der Waals surface area (Å²) in [5, 5.41) is 0. The first-order valence-corrected chi connectivity index (χ1v) is 9.40. The maximum Gasteiger partial charge on any atom is 0.410 e. The minimum atomic E-state index is -0.345. The number of carbonyl (C=O) groups excluding carboxylic acids is 2. The number of amides is 1. The zero-order valence-corrected chi connectivity index (χ0v) is 15.0. The van der Waals surface area contributed by atoms with Gasteiger partial charge >= 0.3 is 6.09 Å². The fraction of sp³-hybridized carbons (Fsp3) is 0.364. The monoisotopic (exact) mass is 367 g/mol. The molecule has 0 radical (unpaired) electrons. The molecule has 140 valence electrons. The molecule has 2 fully saturated rings. The molecule has 4 rings (SSSR count). The molecule has 0 aromatic heterocycles. The molecule has 4 nitrogen and oxygen atoms in total. The molecule has 1 amide bonds. The quantitative estimate of drug-likeness (QED) is 0.743. The number of ether oxygens (including phenoxy) is 1. The van der Waals surface area contributed by atoms with Gasteiger partial charge in [0, 0.05) is 23.6 Å². The van der Waals surface area contributed by atoms with Gasteiger partial charge in [0.15, 0.2) is 5.78 Å². The standard InChI is InChI=1S/C22H22FNO3/c23-18-8-6-16(7-9-18)21(25)17-12-19-10-11-20(13-17)24(19)22(26)27-14-15-4-2-1-3-5-15/h1-9,17,19-20H,10-14H2. The van der Waals surface area contributed by atoms with Gasteiger partial charge in [-0.25, -0.2) is 9.18 Å². The lowest BCUT2D eigenvalue weighted by molar-refractivity contribution is 0.0485. The van der Waals surface area contributed by atoms with E-state index in [2.05, 4.69) is 0 Å². The Morgan fingerprint density at radius 1 is 0.963 bits per heavy atom. The van der Waals surface area contributed by atoms with Gasteiger partial charge in [0.1, 0.15) is 12.4 Å². The fourth-order valence-electron chi connectivity index (χ4n) is 4.33. The summed E-state index contributed by atoms with van der Waals surface area (Å²) < 4.78 is 18.6. The zero-order valence-electron chi connectivity index (χ0n) is 15.0. The third-order valence-corrected chi connectivity index (χ3v) is 5.65. The summed E-state index contributed by atoms with van der Waals surface area (Å²) in [6.45, 7) is 0.257. The third kappa shape index (κ3) is 3.72. The highest BCUT2D eigenvalue weighted by Gasteiger charge is 2.45. The highest BCUT2D eigenvalue weighted by Crippen LogP contribution is 2.40. The van der Waals surface area contributed by atoms with E-state index in [1.807, 2.05) is 35.2 Å². The van der Waals surface area contributed by atoms with E-state index in [-0.39, 0.29) is 42.3 Å². The molecule has 0 spiro atoms. The van der Waals surface area contributed by atoms with E-state index >= 15 is 0 Å². The molecule has 2 aliphatic rings. The number of benzene rings is 2. The summed E-state index contributed by atoms with van der Waals surface area (Å²) in [5.41, 5.74) is 1.50. The summed E-state index contributed by atoms with van der Waals surface area (Å²) in [4.78, 5) is 27.2. The van der Waals surface area contributed by atoms with Crippen LogP contribution in [-0.2, 0) is 11.3 Å². The molecule has 0 saturated carbocycles. The van der Waals surface area contributed by atoms with Crippen molar-refractivity contribution in [2.45, 2.75) is 44.4 Å². The molecule has 2 unspecified atom stereocenters. The molecule has 5 heteroatoms. The second-order valence-electron chi connectivity index (χ2n) is 7.37. The van der Waals surface area contributed by atoms with Gasteiger partial charge in [-0.3, -0.25) is 4.79 Å². The highest BCUT2D eigenvalue weighted by molar-refractivity contribution is 5.98. The lowest BCUT2D eigenvalue weighted by Crippen LogP contribution is -2.48. The molecule has 2 bridgehead atoms. The first-order valence-electron chi connectivity index (χ1n) is 9.40. The number of piperidine rings is 1. The molecule has 0 N–H and O–H groups in total. The van der Waals surface area contributed by atoms with Crippen molar-refractivity contribution in [1.82, 2.24) is 4.90 Å². The van der Waals surface area contributed by atoms with Gasteiger partial charge in [0.05, 0.1) is 0 Å². The van der Waals surface area contributed by atoms with Crippen LogP contribution in [0.15, 0.2) is 54.6 Å². The van der Waals surface area contributed by atoms with E-state index in [1.54, 1.807) is 12.1 Å². The first-order chi connectivity index (χ1) is 13.1. The largest absolute Gasteiger partial charge is 0.445 e. The Morgan fingerprint density at radius 3 is 2.22 bits per heavy atom. The van der Waals surface area contributed by atoms with Crippen LogP contribution in [0.5, 0.6) is 0 Å². The number of hydrogen-bond acceptors (Lipinski definition) is 3. The van der Waals surface area contributed by atoms with E-state index in [9.17, 15) is 14.0 Å². The number of fused-ring (bicyclic) bond motifs is 2. The van der Waals surface area contributed by atoms with Gasteiger partial charge in [-0.15, -0.1) is 0 Å². The number of rotatable bonds is 4. The summed E-state index contributed by atoms with van der Waals surface area (Å²) in [5.74, 6) is -0.419. The summed E-state index contributed by atoms with van der Waals surface area (Å²) >= 11 is 0. The third-order valence-electron chi connectivity index (χ3n) is 5.65. The first kappa shape index (κ1) is 17.7. The van der Waals surface area contributed by atoms with Crippen LogP contribution in [-0.4, -0.2) is 28.9 Å². The second kappa shape index (κ2) is 7.51. The summed E-state index contributed by atoms with van der Waals surface area (Å²) in [6, 6.07) is 15.4. The van der Waals surface area contributed by atoms with E-state index in [4.69, 9.17) is 4.74 Å². The summed E-state index contributed by atoms with van der Waals surface area (Å²) in [7, 11) is 0. The van der Waals surface area contributed by atoms with E-state index in [0.29, 0.717) is 18.4 Å². The van der Waals surface area contributed by atoms with Crippen LogP contribution < -0.4 is 0 Å². The molecule has 27 heavy (non-hydrogen) atoms. The number of nitrogens with zero attached hydrogens (tertiary/aromatic N) is 1. The molecule has 2 aromatic carbocycles. The predicted octanol–water partition coefficient (Wildman–Crippen LogP) is 4.59. The molecular weight excluding hydrogens is 345 g/mol. The lowest BCUT2D eigenvalue weighted by Gasteiger charge is -2.37. The highest BCUT2D eigenvalue weighted by atomic mass is 19.1. The van der Waals surface area contributed by atoms with Gasteiger partial charge in [0.2, 0.25) is 0 Å². The number of halogens is 1. The van der Waals surface area contributed by atoms with Crippen LogP contribution in [0.25, 0.3) is 0 Å². The van der Waals surface area contributed by atoms with Crippen molar-refractivity contribution in [3.8, 4) is 0 Å². The van der Waals surface area contributed by atoms with Crippen LogP contribution in [0.4, 0.5) is 9.18 Å². The number of carbonyl (C=O) groups is 2. The van der Waals surface area contributed by atoms with Crippen LogP contribution in [0, 0.1) is 11.7 Å². The number of ketones is 1. The molecule has 2 saturated heterocycles. The zero-order chi connectivity index (χ0) is 18.8. The normalized spacial score (nSPS) is 23.9. The Labute approximate surface area is 157 Å². The van der Waals surface area contributed by atoms with Crippen molar-refractivity contribution in [2.24, 2.45) is 5.92 Å². The fourth-order valence-corrected chi connectivity index (χ4v) is 4.33. The topological polar surface area (TPSA) is 46.6 Å². The van der Waals surface area contributed by atoms with Crippen LogP contribution in [0.3, 0.4) is 0 Å². The molecule has 2 heterocycles. The van der Waals surface area contributed by atoms with Gasteiger partial charge in [0.25, 0.3) is 0 Å². The SMILES string of the molecule is O=C(c1ccc(F)cc1)C1CC2CCC(C1)N2C(=O)OCc1ccccc1. The number of Topliss-reactive ketones (excluding diaryl/α,β-unsaturated/α-hetero) is 1. The molecular formula is C22H22FNO3. The smallest absolute Gasteiger partial charge is 0.410 e. The van der Waals surface area contributed by atoms with Gasteiger partial charge in [-0.05, 0) is 55.5 Å².